The number of rotatable bonds is 2. The number of H-pyrrole nitrogens is 2. The Labute approximate surface area is 121 Å². The van der Waals surface area contributed by atoms with Crippen LogP contribution < -0.4 is 16.5 Å². The zero-order chi connectivity index (χ0) is 15.1. The number of hydrogen-bond donors (Lipinski definition) is 3. The summed E-state index contributed by atoms with van der Waals surface area (Å²) in [5.74, 6) is 0. The van der Waals surface area contributed by atoms with Gasteiger partial charge in [0.2, 0.25) is 5.43 Å². The predicted molar refractivity (Wildman–Crippen MR) is 79.1 cm³/mol. The highest BCUT2D eigenvalue weighted by molar-refractivity contribution is 6.31. The number of fused-ring (bicyclic) bond motifs is 2. The van der Waals surface area contributed by atoms with E-state index >= 15 is 0 Å². The largest absolute Gasteiger partial charge is 0.394 e. The minimum atomic E-state index is -0.684. The van der Waals surface area contributed by atoms with Crippen LogP contribution in [-0.2, 0) is 6.54 Å². The van der Waals surface area contributed by atoms with Crippen LogP contribution in [0.1, 0.15) is 0 Å². The highest BCUT2D eigenvalue weighted by atomic mass is 35.5. The molecule has 2 aromatic heterocycles. The van der Waals surface area contributed by atoms with Crippen LogP contribution in [0, 0.1) is 0 Å². The Bertz CT molecular complexity index is 1030. The number of hydrogen-bond acceptors (Lipinski definition) is 4. The van der Waals surface area contributed by atoms with Crippen LogP contribution in [-0.4, -0.2) is 26.5 Å². The van der Waals surface area contributed by atoms with Crippen molar-refractivity contribution >= 4 is 33.4 Å². The van der Waals surface area contributed by atoms with Gasteiger partial charge in [0.05, 0.1) is 18.7 Å². The molecule has 1 aromatic carbocycles. The summed E-state index contributed by atoms with van der Waals surface area (Å²) in [4.78, 5) is 39.4. The number of aromatic nitrogens is 3. The lowest BCUT2D eigenvalue weighted by molar-refractivity contribution is 0.266. The van der Waals surface area contributed by atoms with E-state index in [9.17, 15) is 14.4 Å². The van der Waals surface area contributed by atoms with Crippen molar-refractivity contribution in [1.29, 1.82) is 0 Å². The summed E-state index contributed by atoms with van der Waals surface area (Å²) in [6.07, 6.45) is 0. The first-order valence-corrected chi connectivity index (χ1v) is 6.50. The Morgan fingerprint density at radius 3 is 2.71 bits per heavy atom. The van der Waals surface area contributed by atoms with Crippen molar-refractivity contribution in [3.8, 4) is 0 Å². The van der Waals surface area contributed by atoms with E-state index in [0.29, 0.717) is 10.5 Å². The van der Waals surface area contributed by atoms with Gasteiger partial charge in [-0.2, -0.15) is 0 Å². The Morgan fingerprint density at radius 2 is 2.00 bits per heavy atom. The highest BCUT2D eigenvalue weighted by Crippen LogP contribution is 2.16. The molecule has 0 aliphatic rings. The van der Waals surface area contributed by atoms with Crippen LogP contribution in [0.5, 0.6) is 0 Å². The minimum Gasteiger partial charge on any atom is -0.394 e. The number of nitrogens with one attached hydrogen (secondary N) is 2. The molecule has 21 heavy (non-hydrogen) atoms. The van der Waals surface area contributed by atoms with E-state index in [0.717, 1.165) is 4.68 Å². The Hall–Kier alpha value is -2.38. The lowest BCUT2D eigenvalue weighted by Gasteiger charge is -2.06. The topological polar surface area (TPSA) is 108 Å². The van der Waals surface area contributed by atoms with Gasteiger partial charge in [0.25, 0.3) is 11.1 Å². The summed E-state index contributed by atoms with van der Waals surface area (Å²) in [5, 5.41) is 11.6. The van der Waals surface area contributed by atoms with E-state index < -0.39 is 16.5 Å². The van der Waals surface area contributed by atoms with E-state index in [1.165, 1.54) is 18.2 Å². The van der Waals surface area contributed by atoms with Gasteiger partial charge in [-0.25, -0.2) is 4.68 Å². The maximum atomic E-state index is 12.4. The third-order valence-corrected chi connectivity index (χ3v) is 3.44. The molecule has 7 nitrogen and oxygen atoms in total. The van der Waals surface area contributed by atoms with Crippen molar-refractivity contribution in [2.75, 3.05) is 6.61 Å². The van der Waals surface area contributed by atoms with Crippen molar-refractivity contribution in [2.24, 2.45) is 0 Å². The molecule has 2 heterocycles. The van der Waals surface area contributed by atoms with Gasteiger partial charge in [0.15, 0.2) is 0 Å². The molecule has 8 heteroatoms. The lowest BCUT2D eigenvalue weighted by Crippen LogP contribution is -2.34. The normalized spacial score (nSPS) is 11.3. The summed E-state index contributed by atoms with van der Waals surface area (Å²) >= 11 is 5.87. The van der Waals surface area contributed by atoms with Crippen LogP contribution in [0.25, 0.3) is 21.8 Å². The van der Waals surface area contributed by atoms with Crippen LogP contribution in [0.15, 0.2) is 32.6 Å². The number of aliphatic hydroxyl groups is 1. The molecule has 3 aromatic rings. The molecule has 0 fully saturated rings. The zero-order valence-corrected chi connectivity index (χ0v) is 11.4. The van der Waals surface area contributed by atoms with E-state index in [-0.39, 0.29) is 29.4 Å². The van der Waals surface area contributed by atoms with Gasteiger partial charge in [-0.1, -0.05) is 11.6 Å². The molecular formula is C13H10ClN3O4. The second-order valence-corrected chi connectivity index (χ2v) is 4.95. The number of nitrogens with zero attached hydrogens (tertiary/aromatic N) is 1. The second kappa shape index (κ2) is 4.87. The summed E-state index contributed by atoms with van der Waals surface area (Å²) in [7, 11) is 0. The van der Waals surface area contributed by atoms with Crippen LogP contribution in [0.3, 0.4) is 0 Å². The Kier molecular flexibility index (Phi) is 3.15. The van der Waals surface area contributed by atoms with Gasteiger partial charge in [-0.05, 0) is 18.2 Å². The molecule has 0 radical (unpaired) electrons. The first-order valence-electron chi connectivity index (χ1n) is 6.12. The van der Waals surface area contributed by atoms with Gasteiger partial charge in [0.1, 0.15) is 10.9 Å². The third-order valence-electron chi connectivity index (χ3n) is 3.21. The molecular weight excluding hydrogens is 298 g/mol. The fourth-order valence-corrected chi connectivity index (χ4v) is 2.43. The molecule has 0 spiro atoms. The van der Waals surface area contributed by atoms with Gasteiger partial charge < -0.3 is 10.1 Å². The monoisotopic (exact) mass is 307 g/mol. The highest BCUT2D eigenvalue weighted by Gasteiger charge is 2.14. The molecule has 0 unspecified atom stereocenters. The van der Waals surface area contributed by atoms with E-state index in [2.05, 4.69) is 10.1 Å². The third kappa shape index (κ3) is 2.07. The molecule has 3 rings (SSSR count). The van der Waals surface area contributed by atoms with Crippen molar-refractivity contribution in [1.82, 2.24) is 14.8 Å². The van der Waals surface area contributed by atoms with Gasteiger partial charge >= 0.3 is 0 Å². The lowest BCUT2D eigenvalue weighted by atomic mass is 10.1. The first kappa shape index (κ1) is 13.6. The SMILES string of the molecule is O=c1[nH]n(CCO)c(=O)c2[nH]c3cc(Cl)ccc3c(=O)c12. The molecule has 0 aliphatic heterocycles. The van der Waals surface area contributed by atoms with Gasteiger partial charge in [0, 0.05) is 10.4 Å². The number of aromatic amines is 2. The number of aliphatic hydroxyl groups excluding tert-OH is 1. The predicted octanol–water partition coefficient (Wildman–Crippen LogP) is 0.177. The molecule has 0 atom stereocenters. The van der Waals surface area contributed by atoms with Crippen LogP contribution in [0.2, 0.25) is 5.02 Å². The van der Waals surface area contributed by atoms with Crippen molar-refractivity contribution in [3.63, 3.8) is 0 Å². The summed E-state index contributed by atoms with van der Waals surface area (Å²) in [6, 6.07) is 4.54. The minimum absolute atomic E-state index is 0.0698. The van der Waals surface area contributed by atoms with Crippen molar-refractivity contribution in [2.45, 2.75) is 6.54 Å². The molecule has 3 N–H and O–H groups in total. The average molecular weight is 308 g/mol. The van der Waals surface area contributed by atoms with Gasteiger partial charge in [-0.3, -0.25) is 19.5 Å². The fraction of sp³-hybridized carbons (Fsp3) is 0.154. The van der Waals surface area contributed by atoms with Crippen molar-refractivity contribution < 1.29 is 5.11 Å². The first-order chi connectivity index (χ1) is 10.0. The van der Waals surface area contributed by atoms with Crippen LogP contribution >= 0.6 is 11.6 Å². The van der Waals surface area contributed by atoms with Crippen molar-refractivity contribution in [3.05, 3.63) is 54.2 Å². The van der Waals surface area contributed by atoms with E-state index in [1.807, 2.05) is 0 Å². The molecule has 0 aliphatic carbocycles. The van der Waals surface area contributed by atoms with Gasteiger partial charge in [-0.15, -0.1) is 0 Å². The van der Waals surface area contributed by atoms with E-state index in [4.69, 9.17) is 16.7 Å². The Balaban J connectivity index is 2.57. The quantitative estimate of drug-likeness (QED) is 0.587. The molecule has 0 saturated heterocycles. The molecule has 0 saturated carbocycles. The van der Waals surface area contributed by atoms with Crippen LogP contribution in [0.4, 0.5) is 0 Å². The summed E-state index contributed by atoms with van der Waals surface area (Å²) < 4.78 is 0.955. The standard InChI is InChI=1S/C13H10ClN3O4/c14-6-1-2-7-8(5-6)15-10-9(11(7)19)12(20)16-17(3-4-18)13(10)21/h1-2,5,18H,3-4H2,(H,15,19)(H,16,20). The maximum absolute atomic E-state index is 12.4. The molecule has 0 amide bonds. The average Bonchev–Trinajstić information content (AvgIpc) is 2.44. The summed E-state index contributed by atoms with van der Waals surface area (Å²) in [6.45, 7) is -0.384. The fourth-order valence-electron chi connectivity index (χ4n) is 2.26. The second-order valence-electron chi connectivity index (χ2n) is 4.52. The van der Waals surface area contributed by atoms with E-state index in [1.54, 1.807) is 0 Å². The molecule has 0 bridgehead atoms. The molecule has 108 valence electrons. The summed E-state index contributed by atoms with van der Waals surface area (Å²) in [5.41, 5.74) is -1.54. The number of pyridine rings is 1. The Morgan fingerprint density at radius 1 is 1.24 bits per heavy atom. The maximum Gasteiger partial charge on any atom is 0.289 e. The smallest absolute Gasteiger partial charge is 0.289 e. The number of halogens is 1. The number of benzene rings is 1. The zero-order valence-electron chi connectivity index (χ0n) is 10.6.